The van der Waals surface area contributed by atoms with E-state index in [4.69, 9.17) is 0 Å². The number of likely N-dealkylation sites (tertiary alicyclic amines) is 1. The summed E-state index contributed by atoms with van der Waals surface area (Å²) in [6.45, 7) is 4.18. The quantitative estimate of drug-likeness (QED) is 0.868. The van der Waals surface area contributed by atoms with E-state index in [9.17, 15) is 4.39 Å². The van der Waals surface area contributed by atoms with Crippen molar-refractivity contribution in [2.75, 3.05) is 38.6 Å². The molecule has 4 heteroatoms. The molecule has 1 atom stereocenters. The van der Waals surface area contributed by atoms with Crippen molar-refractivity contribution in [1.29, 1.82) is 0 Å². The van der Waals surface area contributed by atoms with E-state index in [1.54, 1.807) is 12.1 Å². The molecule has 3 nitrogen and oxygen atoms in total. The molecule has 0 radical (unpaired) electrons. The maximum absolute atomic E-state index is 13.6. The summed E-state index contributed by atoms with van der Waals surface area (Å²) in [4.78, 5) is 4.69. The number of anilines is 1. The van der Waals surface area contributed by atoms with Gasteiger partial charge in [0.1, 0.15) is 5.82 Å². The smallest absolute Gasteiger partial charge is 0.123 e. The molecule has 1 aliphatic carbocycles. The molecule has 1 aromatic carbocycles. The van der Waals surface area contributed by atoms with Crippen molar-refractivity contribution < 1.29 is 4.39 Å². The Kier molecular flexibility index (Phi) is 4.45. The van der Waals surface area contributed by atoms with Gasteiger partial charge in [0.25, 0.3) is 0 Å². The predicted octanol–water partition coefficient (Wildman–Crippen LogP) is 2.47. The molecule has 3 rings (SSSR count). The molecule has 1 saturated carbocycles. The molecular weight excluding hydrogens is 265 g/mol. The third kappa shape index (κ3) is 3.95. The first kappa shape index (κ1) is 14.8. The largest absolute Gasteiger partial charge is 0.374 e. The van der Waals surface area contributed by atoms with Gasteiger partial charge in [-0.05, 0) is 62.5 Å². The highest BCUT2D eigenvalue weighted by Gasteiger charge is 2.23. The molecule has 21 heavy (non-hydrogen) atoms. The standard InChI is InChI=1S/C17H26FN3/c1-20-8-7-13(11-20)12-21(2)17-6-3-15(18)9-14(17)10-19-16-4-5-16/h3,6,9,13,16,19H,4-5,7-8,10-12H2,1-2H3. The van der Waals surface area contributed by atoms with E-state index >= 15 is 0 Å². The van der Waals surface area contributed by atoms with E-state index in [2.05, 4.69) is 29.2 Å². The zero-order chi connectivity index (χ0) is 14.8. The fourth-order valence-corrected chi connectivity index (χ4v) is 3.27. The highest BCUT2D eigenvalue weighted by atomic mass is 19.1. The van der Waals surface area contributed by atoms with Crippen LogP contribution in [0.25, 0.3) is 0 Å². The van der Waals surface area contributed by atoms with Crippen LogP contribution in [-0.4, -0.2) is 44.7 Å². The zero-order valence-electron chi connectivity index (χ0n) is 13.1. The van der Waals surface area contributed by atoms with Crippen LogP contribution in [0.15, 0.2) is 18.2 Å². The number of hydrogen-bond acceptors (Lipinski definition) is 3. The van der Waals surface area contributed by atoms with Gasteiger partial charge in [-0.2, -0.15) is 0 Å². The Morgan fingerprint density at radius 3 is 2.81 bits per heavy atom. The summed E-state index contributed by atoms with van der Waals surface area (Å²) < 4.78 is 13.6. The lowest BCUT2D eigenvalue weighted by Crippen LogP contribution is -2.28. The van der Waals surface area contributed by atoms with Gasteiger partial charge in [-0.15, -0.1) is 0 Å². The maximum Gasteiger partial charge on any atom is 0.123 e. The second-order valence-corrected chi connectivity index (χ2v) is 6.73. The van der Waals surface area contributed by atoms with Crippen LogP contribution < -0.4 is 10.2 Å². The summed E-state index contributed by atoms with van der Waals surface area (Å²) in [6.07, 6.45) is 3.78. The summed E-state index contributed by atoms with van der Waals surface area (Å²) in [5, 5.41) is 3.49. The molecule has 1 aromatic rings. The average molecular weight is 291 g/mol. The lowest BCUT2D eigenvalue weighted by molar-refractivity contribution is 0.396. The average Bonchev–Trinajstić information content (AvgIpc) is 3.19. The zero-order valence-corrected chi connectivity index (χ0v) is 13.1. The SMILES string of the molecule is CN1CCC(CN(C)c2ccc(F)cc2CNC2CC2)C1. The van der Waals surface area contributed by atoms with Gasteiger partial charge in [0.2, 0.25) is 0 Å². The first-order chi connectivity index (χ1) is 10.1. The van der Waals surface area contributed by atoms with Crippen molar-refractivity contribution in [3.05, 3.63) is 29.6 Å². The van der Waals surface area contributed by atoms with Crippen molar-refractivity contribution in [2.24, 2.45) is 5.92 Å². The lowest BCUT2D eigenvalue weighted by Gasteiger charge is -2.26. The second kappa shape index (κ2) is 6.32. The van der Waals surface area contributed by atoms with Crippen LogP contribution in [0.1, 0.15) is 24.8 Å². The van der Waals surface area contributed by atoms with Crippen molar-refractivity contribution in [1.82, 2.24) is 10.2 Å². The highest BCUT2D eigenvalue weighted by molar-refractivity contribution is 5.53. The lowest BCUT2D eigenvalue weighted by atomic mass is 10.1. The van der Waals surface area contributed by atoms with Crippen molar-refractivity contribution in [3.8, 4) is 0 Å². The molecule has 1 aliphatic heterocycles. The van der Waals surface area contributed by atoms with Gasteiger partial charge in [0.05, 0.1) is 0 Å². The van der Waals surface area contributed by atoms with E-state index in [0.717, 1.165) is 18.7 Å². The van der Waals surface area contributed by atoms with Crippen LogP contribution in [0.4, 0.5) is 10.1 Å². The molecule has 1 unspecified atom stereocenters. The Morgan fingerprint density at radius 1 is 1.33 bits per heavy atom. The summed E-state index contributed by atoms with van der Waals surface area (Å²) in [7, 11) is 4.31. The van der Waals surface area contributed by atoms with E-state index in [0.29, 0.717) is 12.0 Å². The minimum Gasteiger partial charge on any atom is -0.374 e. The van der Waals surface area contributed by atoms with E-state index in [-0.39, 0.29) is 5.82 Å². The first-order valence-corrected chi connectivity index (χ1v) is 8.03. The topological polar surface area (TPSA) is 18.5 Å². The predicted molar refractivity (Wildman–Crippen MR) is 85.1 cm³/mol. The number of benzene rings is 1. The number of halogens is 1. The minimum absolute atomic E-state index is 0.139. The summed E-state index contributed by atoms with van der Waals surface area (Å²) in [5.74, 6) is 0.578. The Balaban J connectivity index is 1.66. The van der Waals surface area contributed by atoms with Gasteiger partial charge in [0, 0.05) is 38.4 Å². The van der Waals surface area contributed by atoms with Gasteiger partial charge in [-0.25, -0.2) is 4.39 Å². The first-order valence-electron chi connectivity index (χ1n) is 8.03. The molecule has 0 spiro atoms. The molecule has 2 fully saturated rings. The molecule has 2 aliphatic rings. The van der Waals surface area contributed by atoms with Crippen LogP contribution in [0, 0.1) is 11.7 Å². The van der Waals surface area contributed by atoms with Crippen LogP contribution in [-0.2, 0) is 6.54 Å². The van der Waals surface area contributed by atoms with Gasteiger partial charge in [-0.3, -0.25) is 0 Å². The Bertz CT molecular complexity index is 487. The van der Waals surface area contributed by atoms with Crippen LogP contribution >= 0.6 is 0 Å². The minimum atomic E-state index is -0.139. The van der Waals surface area contributed by atoms with E-state index in [1.165, 1.54) is 38.0 Å². The van der Waals surface area contributed by atoms with Gasteiger partial charge < -0.3 is 15.1 Å². The van der Waals surface area contributed by atoms with Crippen LogP contribution in [0.3, 0.4) is 0 Å². The third-order valence-electron chi connectivity index (χ3n) is 4.63. The third-order valence-corrected chi connectivity index (χ3v) is 4.63. The summed E-state index contributed by atoms with van der Waals surface area (Å²) in [5.41, 5.74) is 2.25. The molecule has 116 valence electrons. The molecule has 0 amide bonds. The number of nitrogens with zero attached hydrogens (tertiary/aromatic N) is 2. The summed E-state index contributed by atoms with van der Waals surface area (Å²) >= 11 is 0. The van der Waals surface area contributed by atoms with Crippen LogP contribution in [0.2, 0.25) is 0 Å². The highest BCUT2D eigenvalue weighted by Crippen LogP contribution is 2.26. The molecule has 0 aromatic heterocycles. The molecule has 1 heterocycles. The summed E-state index contributed by atoms with van der Waals surface area (Å²) in [6, 6.07) is 5.84. The van der Waals surface area contributed by atoms with Gasteiger partial charge in [0.15, 0.2) is 0 Å². The van der Waals surface area contributed by atoms with Gasteiger partial charge in [-0.1, -0.05) is 0 Å². The Hall–Kier alpha value is -1.13. The van der Waals surface area contributed by atoms with E-state index < -0.39 is 0 Å². The van der Waals surface area contributed by atoms with Crippen molar-refractivity contribution in [3.63, 3.8) is 0 Å². The maximum atomic E-state index is 13.6. The molecular formula is C17H26FN3. The molecule has 1 saturated heterocycles. The normalized spacial score (nSPS) is 22.7. The monoisotopic (exact) mass is 291 g/mol. The molecule has 0 bridgehead atoms. The van der Waals surface area contributed by atoms with Crippen LogP contribution in [0.5, 0.6) is 0 Å². The Morgan fingerprint density at radius 2 is 2.14 bits per heavy atom. The fraction of sp³-hybridized carbons (Fsp3) is 0.647. The Labute approximate surface area is 127 Å². The van der Waals surface area contributed by atoms with Crippen molar-refractivity contribution >= 4 is 5.69 Å². The molecule has 1 N–H and O–H groups in total. The second-order valence-electron chi connectivity index (χ2n) is 6.73. The number of nitrogens with one attached hydrogen (secondary N) is 1. The van der Waals surface area contributed by atoms with E-state index in [1.807, 2.05) is 6.07 Å². The van der Waals surface area contributed by atoms with Crippen molar-refractivity contribution in [2.45, 2.75) is 31.8 Å². The fourth-order valence-electron chi connectivity index (χ4n) is 3.27. The van der Waals surface area contributed by atoms with Gasteiger partial charge >= 0.3 is 0 Å². The number of hydrogen-bond donors (Lipinski definition) is 1. The number of rotatable bonds is 6.